The van der Waals surface area contributed by atoms with Gasteiger partial charge in [-0.2, -0.15) is 0 Å². The number of amides is 1. The van der Waals surface area contributed by atoms with E-state index in [-0.39, 0.29) is 23.3 Å². The van der Waals surface area contributed by atoms with E-state index in [1.54, 1.807) is 25.3 Å². The highest BCUT2D eigenvalue weighted by Gasteiger charge is 2.46. The van der Waals surface area contributed by atoms with Gasteiger partial charge in [0.05, 0.1) is 25.3 Å². The van der Waals surface area contributed by atoms with Gasteiger partial charge >= 0.3 is 0 Å². The van der Waals surface area contributed by atoms with E-state index in [1.807, 2.05) is 62.4 Å². The van der Waals surface area contributed by atoms with Gasteiger partial charge < -0.3 is 19.5 Å². The number of ether oxygens (including phenoxy) is 2. The number of benzene rings is 3. The number of nitrogens with zero attached hydrogens (tertiary/aromatic N) is 1. The molecule has 3 aromatic rings. The molecule has 3 aromatic carbocycles. The molecule has 0 radical (unpaired) electrons. The highest BCUT2D eigenvalue weighted by molar-refractivity contribution is 6.46. The second kappa shape index (κ2) is 10.7. The molecule has 4 rings (SSSR count). The Morgan fingerprint density at radius 3 is 2.32 bits per heavy atom. The van der Waals surface area contributed by atoms with Crippen LogP contribution in [0.25, 0.3) is 5.76 Å². The van der Waals surface area contributed by atoms with Crippen LogP contribution < -0.4 is 9.47 Å². The summed E-state index contributed by atoms with van der Waals surface area (Å²) in [5.74, 6) is -0.193. The van der Waals surface area contributed by atoms with Crippen LogP contribution in [0.4, 0.5) is 0 Å². The summed E-state index contributed by atoms with van der Waals surface area (Å²) in [4.78, 5) is 28.4. The Hall–Kier alpha value is -4.06. The van der Waals surface area contributed by atoms with E-state index in [0.29, 0.717) is 23.7 Å². The molecular weight excluding hydrogens is 478 g/mol. The van der Waals surface area contributed by atoms with Crippen molar-refractivity contribution in [1.82, 2.24) is 4.90 Å². The lowest BCUT2D eigenvalue weighted by atomic mass is 9.85. The van der Waals surface area contributed by atoms with Crippen molar-refractivity contribution in [3.05, 3.63) is 100 Å². The minimum atomic E-state index is -0.748. The molecule has 6 nitrogen and oxygen atoms in total. The third-order valence-corrected chi connectivity index (χ3v) is 6.86. The molecule has 1 fully saturated rings. The number of hydrogen-bond acceptors (Lipinski definition) is 5. The number of rotatable bonds is 7. The van der Waals surface area contributed by atoms with Gasteiger partial charge in [-0.25, -0.2) is 0 Å². The fraction of sp³-hybridized carbons (Fsp3) is 0.312. The fourth-order valence-corrected chi connectivity index (χ4v) is 4.83. The molecule has 1 amide bonds. The zero-order chi connectivity index (χ0) is 27.6. The lowest BCUT2D eigenvalue weighted by Crippen LogP contribution is -2.29. The van der Waals surface area contributed by atoms with Crippen LogP contribution in [0, 0.1) is 6.92 Å². The van der Waals surface area contributed by atoms with E-state index >= 15 is 0 Å². The number of methoxy groups -OCH3 is 1. The van der Waals surface area contributed by atoms with Crippen LogP contribution in [0.15, 0.2) is 72.3 Å². The minimum Gasteiger partial charge on any atom is -0.507 e. The summed E-state index contributed by atoms with van der Waals surface area (Å²) in [7, 11) is 1.58. The Labute approximate surface area is 224 Å². The highest BCUT2D eigenvalue weighted by Crippen LogP contribution is 2.41. The van der Waals surface area contributed by atoms with Crippen LogP contribution in [-0.4, -0.2) is 35.4 Å². The molecular formula is C32H35NO5. The number of carbonyl (C=O) groups is 2. The van der Waals surface area contributed by atoms with Crippen molar-refractivity contribution in [2.45, 2.75) is 52.6 Å². The third-order valence-electron chi connectivity index (χ3n) is 6.86. The number of likely N-dealkylation sites (tertiary alicyclic amines) is 1. The fourth-order valence-electron chi connectivity index (χ4n) is 4.83. The number of aliphatic hydroxyl groups is 1. The van der Waals surface area contributed by atoms with Gasteiger partial charge in [-0.3, -0.25) is 9.59 Å². The van der Waals surface area contributed by atoms with Crippen molar-refractivity contribution < 1.29 is 24.2 Å². The molecule has 1 aliphatic heterocycles. The minimum absolute atomic E-state index is 0.0549. The van der Waals surface area contributed by atoms with E-state index in [0.717, 1.165) is 22.3 Å². The zero-order valence-corrected chi connectivity index (χ0v) is 22.9. The summed E-state index contributed by atoms with van der Waals surface area (Å²) < 4.78 is 11.0. The summed E-state index contributed by atoms with van der Waals surface area (Å²) >= 11 is 0. The van der Waals surface area contributed by atoms with Crippen molar-refractivity contribution in [2.75, 3.05) is 13.7 Å². The van der Waals surface area contributed by atoms with Gasteiger partial charge in [-0.1, -0.05) is 57.2 Å². The first-order chi connectivity index (χ1) is 18.0. The first-order valence-electron chi connectivity index (χ1n) is 12.8. The second-order valence-electron chi connectivity index (χ2n) is 10.6. The van der Waals surface area contributed by atoms with Crippen LogP contribution in [0.1, 0.15) is 61.6 Å². The molecule has 6 heteroatoms. The number of aryl methyl sites for hydroxylation is 1. The Kier molecular flexibility index (Phi) is 7.63. The summed E-state index contributed by atoms with van der Waals surface area (Å²) in [6, 6.07) is 19.8. The van der Waals surface area contributed by atoms with Crippen LogP contribution in [0.3, 0.4) is 0 Å². The average Bonchev–Trinajstić information content (AvgIpc) is 3.13. The van der Waals surface area contributed by atoms with Gasteiger partial charge in [0.15, 0.2) is 0 Å². The first kappa shape index (κ1) is 27.0. The summed E-state index contributed by atoms with van der Waals surface area (Å²) in [6.07, 6.45) is 0. The van der Waals surface area contributed by atoms with Crippen molar-refractivity contribution in [1.29, 1.82) is 0 Å². The molecule has 1 heterocycles. The van der Waals surface area contributed by atoms with Gasteiger partial charge in [0.1, 0.15) is 17.3 Å². The first-order valence-corrected chi connectivity index (χ1v) is 12.8. The Bertz CT molecular complexity index is 1380. The van der Waals surface area contributed by atoms with E-state index < -0.39 is 17.7 Å². The molecule has 1 N–H and O–H groups in total. The highest BCUT2D eigenvalue weighted by atomic mass is 16.5. The maximum atomic E-state index is 13.4. The molecule has 0 bridgehead atoms. The quantitative estimate of drug-likeness (QED) is 0.227. The average molecular weight is 514 g/mol. The van der Waals surface area contributed by atoms with Crippen molar-refractivity contribution in [3.8, 4) is 11.5 Å². The molecule has 0 spiro atoms. The van der Waals surface area contributed by atoms with Crippen molar-refractivity contribution in [2.24, 2.45) is 0 Å². The van der Waals surface area contributed by atoms with Crippen LogP contribution >= 0.6 is 0 Å². The lowest BCUT2D eigenvalue weighted by molar-refractivity contribution is -0.140. The summed E-state index contributed by atoms with van der Waals surface area (Å²) in [6.45, 7) is 10.9. The SMILES string of the molecule is CCOc1cccc(CN2C(=O)C(=O)/C(=C(\O)c3ccc(OC)c(C)c3)C2c2ccc(C(C)(C)C)cc2)c1. The van der Waals surface area contributed by atoms with Gasteiger partial charge in [-0.05, 0) is 71.8 Å². The summed E-state index contributed by atoms with van der Waals surface area (Å²) in [5, 5.41) is 11.4. The molecule has 198 valence electrons. The van der Waals surface area contributed by atoms with Gasteiger partial charge in [0.25, 0.3) is 11.7 Å². The number of hydrogen-bond donors (Lipinski definition) is 1. The molecule has 0 aromatic heterocycles. The second-order valence-corrected chi connectivity index (χ2v) is 10.6. The maximum absolute atomic E-state index is 13.4. The Morgan fingerprint density at radius 1 is 1.00 bits per heavy atom. The molecule has 1 saturated heterocycles. The molecule has 1 aliphatic rings. The Morgan fingerprint density at radius 2 is 1.71 bits per heavy atom. The lowest BCUT2D eigenvalue weighted by Gasteiger charge is -2.27. The molecule has 0 saturated carbocycles. The summed E-state index contributed by atoms with van der Waals surface area (Å²) in [5.41, 5.74) is 4.00. The zero-order valence-electron chi connectivity index (χ0n) is 22.9. The van der Waals surface area contributed by atoms with Gasteiger partial charge in [0.2, 0.25) is 0 Å². The predicted molar refractivity (Wildman–Crippen MR) is 148 cm³/mol. The number of ketones is 1. The van der Waals surface area contributed by atoms with Crippen molar-refractivity contribution in [3.63, 3.8) is 0 Å². The van der Waals surface area contributed by atoms with Crippen molar-refractivity contribution >= 4 is 17.4 Å². The molecule has 1 unspecified atom stereocenters. The number of Topliss-reactive ketones (excluding diaryl/α,β-unsaturated/α-hetero) is 1. The third kappa shape index (κ3) is 5.30. The molecule has 0 aliphatic carbocycles. The number of carbonyl (C=O) groups excluding carboxylic acids is 2. The van der Waals surface area contributed by atoms with E-state index in [9.17, 15) is 14.7 Å². The van der Waals surface area contributed by atoms with E-state index in [2.05, 4.69) is 20.8 Å². The Balaban J connectivity index is 1.84. The molecule has 1 atom stereocenters. The van der Waals surface area contributed by atoms with Gasteiger partial charge in [0, 0.05) is 12.1 Å². The van der Waals surface area contributed by atoms with Crippen LogP contribution in [-0.2, 0) is 21.5 Å². The van der Waals surface area contributed by atoms with E-state index in [4.69, 9.17) is 9.47 Å². The normalized spacial score (nSPS) is 17.1. The van der Waals surface area contributed by atoms with Gasteiger partial charge in [-0.15, -0.1) is 0 Å². The van der Waals surface area contributed by atoms with Crippen LogP contribution in [0.5, 0.6) is 11.5 Å². The monoisotopic (exact) mass is 513 g/mol. The van der Waals surface area contributed by atoms with Crippen LogP contribution in [0.2, 0.25) is 0 Å². The maximum Gasteiger partial charge on any atom is 0.295 e. The largest absolute Gasteiger partial charge is 0.507 e. The smallest absolute Gasteiger partial charge is 0.295 e. The standard InChI is InChI=1S/C32H35NO5/c1-7-38-25-10-8-9-21(18-25)19-33-28(22-11-14-24(15-12-22)32(3,4)5)27(30(35)31(33)36)29(34)23-13-16-26(37-6)20(2)17-23/h8-18,28,34H,7,19H2,1-6H3/b29-27-. The number of aliphatic hydroxyl groups excluding tert-OH is 1. The van der Waals surface area contributed by atoms with E-state index in [1.165, 1.54) is 4.90 Å². The topological polar surface area (TPSA) is 76.1 Å². The molecule has 38 heavy (non-hydrogen) atoms. The predicted octanol–water partition coefficient (Wildman–Crippen LogP) is 6.32.